The van der Waals surface area contributed by atoms with Crippen molar-refractivity contribution in [3.63, 3.8) is 0 Å². The number of aromatic hydroxyl groups is 1. The van der Waals surface area contributed by atoms with Gasteiger partial charge >= 0.3 is 0 Å². The van der Waals surface area contributed by atoms with E-state index in [1.54, 1.807) is 18.4 Å². The molecule has 96 valence electrons. The van der Waals surface area contributed by atoms with Crippen LogP contribution in [0.2, 0.25) is 0 Å². The molecule has 0 spiro atoms. The average Bonchev–Trinajstić information content (AvgIpc) is 2.83. The summed E-state index contributed by atoms with van der Waals surface area (Å²) in [4.78, 5) is 0. The molecule has 0 aliphatic rings. The third kappa shape index (κ3) is 2.44. The Bertz CT molecular complexity index is 701. The Hall–Kier alpha value is -1.94. The Kier molecular flexibility index (Phi) is 3.17. The first-order valence-electron chi connectivity index (χ1n) is 5.80. The van der Waals surface area contributed by atoms with Gasteiger partial charge in [0.1, 0.15) is 12.4 Å². The van der Waals surface area contributed by atoms with E-state index in [9.17, 15) is 5.11 Å². The standard InChI is InChI=1S/C15H11BrO3/c16-11-4-6-12(7-5-11)18-8-10-9-19-15-13(10)2-1-3-14(15)17/h1-7,9,17H,8H2. The van der Waals surface area contributed by atoms with Crippen LogP contribution in [0.1, 0.15) is 5.56 Å². The van der Waals surface area contributed by atoms with Gasteiger partial charge in [-0.3, -0.25) is 0 Å². The first-order chi connectivity index (χ1) is 9.24. The maximum absolute atomic E-state index is 9.66. The molecule has 0 atom stereocenters. The van der Waals surface area contributed by atoms with Crippen LogP contribution in [0.15, 0.2) is 57.6 Å². The van der Waals surface area contributed by atoms with Gasteiger partial charge in [0.2, 0.25) is 0 Å². The molecular weight excluding hydrogens is 308 g/mol. The fraction of sp³-hybridized carbons (Fsp3) is 0.0667. The molecule has 4 heteroatoms. The Morgan fingerprint density at radius 2 is 1.89 bits per heavy atom. The highest BCUT2D eigenvalue weighted by Crippen LogP contribution is 2.29. The van der Waals surface area contributed by atoms with Gasteiger partial charge in [0.25, 0.3) is 0 Å². The maximum Gasteiger partial charge on any atom is 0.175 e. The molecular formula is C15H11BrO3. The zero-order chi connectivity index (χ0) is 13.2. The highest BCUT2D eigenvalue weighted by molar-refractivity contribution is 9.10. The van der Waals surface area contributed by atoms with Crippen molar-refractivity contribution < 1.29 is 14.3 Å². The number of rotatable bonds is 3. The van der Waals surface area contributed by atoms with Gasteiger partial charge in [0.15, 0.2) is 11.3 Å². The summed E-state index contributed by atoms with van der Waals surface area (Å²) in [5.74, 6) is 0.935. The third-order valence-electron chi connectivity index (χ3n) is 2.87. The smallest absolute Gasteiger partial charge is 0.175 e. The minimum Gasteiger partial charge on any atom is -0.504 e. The number of phenols is 1. The van der Waals surface area contributed by atoms with E-state index in [2.05, 4.69) is 15.9 Å². The molecule has 0 fully saturated rings. The second-order valence-electron chi connectivity index (χ2n) is 4.16. The number of para-hydroxylation sites is 1. The third-order valence-corrected chi connectivity index (χ3v) is 3.40. The monoisotopic (exact) mass is 318 g/mol. The van der Waals surface area contributed by atoms with E-state index in [0.717, 1.165) is 21.2 Å². The summed E-state index contributed by atoms with van der Waals surface area (Å²) in [6, 6.07) is 12.9. The van der Waals surface area contributed by atoms with Crippen LogP contribution in [0.25, 0.3) is 11.0 Å². The van der Waals surface area contributed by atoms with Crippen molar-refractivity contribution in [3.8, 4) is 11.5 Å². The van der Waals surface area contributed by atoms with Crippen LogP contribution >= 0.6 is 15.9 Å². The second kappa shape index (κ2) is 4.97. The second-order valence-corrected chi connectivity index (χ2v) is 5.07. The highest BCUT2D eigenvalue weighted by atomic mass is 79.9. The van der Waals surface area contributed by atoms with Crippen molar-refractivity contribution in [2.45, 2.75) is 6.61 Å². The number of ether oxygens (including phenoxy) is 1. The van der Waals surface area contributed by atoms with Crippen molar-refractivity contribution in [3.05, 3.63) is 58.8 Å². The van der Waals surface area contributed by atoms with Crippen molar-refractivity contribution in [2.24, 2.45) is 0 Å². The molecule has 0 unspecified atom stereocenters. The van der Waals surface area contributed by atoms with E-state index in [0.29, 0.717) is 12.2 Å². The van der Waals surface area contributed by atoms with Crippen LogP contribution in [0.5, 0.6) is 11.5 Å². The summed E-state index contributed by atoms with van der Waals surface area (Å²) in [5, 5.41) is 10.5. The van der Waals surface area contributed by atoms with Crippen LogP contribution in [-0.2, 0) is 6.61 Å². The first kappa shape index (κ1) is 12.1. The van der Waals surface area contributed by atoms with Crippen LogP contribution in [0.4, 0.5) is 0 Å². The molecule has 3 rings (SSSR count). The van der Waals surface area contributed by atoms with E-state index in [-0.39, 0.29) is 5.75 Å². The molecule has 0 bridgehead atoms. The van der Waals surface area contributed by atoms with Gasteiger partial charge in [-0.1, -0.05) is 28.1 Å². The number of fused-ring (bicyclic) bond motifs is 1. The molecule has 0 amide bonds. The van der Waals surface area contributed by atoms with E-state index in [4.69, 9.17) is 9.15 Å². The van der Waals surface area contributed by atoms with Gasteiger partial charge in [-0.2, -0.15) is 0 Å². The van der Waals surface area contributed by atoms with E-state index in [1.165, 1.54) is 0 Å². The SMILES string of the molecule is Oc1cccc2c(COc3ccc(Br)cc3)coc12. The average molecular weight is 319 g/mol. The number of halogens is 1. The largest absolute Gasteiger partial charge is 0.504 e. The predicted octanol–water partition coefficient (Wildman–Crippen LogP) is 4.48. The molecule has 1 aromatic heterocycles. The Morgan fingerprint density at radius 3 is 2.68 bits per heavy atom. The van der Waals surface area contributed by atoms with E-state index < -0.39 is 0 Å². The fourth-order valence-corrected chi connectivity index (χ4v) is 2.16. The van der Waals surface area contributed by atoms with Crippen molar-refractivity contribution >= 4 is 26.9 Å². The van der Waals surface area contributed by atoms with E-state index >= 15 is 0 Å². The number of hydrogen-bond donors (Lipinski definition) is 1. The van der Waals surface area contributed by atoms with Crippen molar-refractivity contribution in [1.82, 2.24) is 0 Å². The van der Waals surface area contributed by atoms with Crippen LogP contribution in [0, 0.1) is 0 Å². The molecule has 0 saturated carbocycles. The summed E-state index contributed by atoms with van der Waals surface area (Å²) in [7, 11) is 0. The fourth-order valence-electron chi connectivity index (χ4n) is 1.90. The number of phenolic OH excluding ortho intramolecular Hbond substituents is 1. The van der Waals surface area contributed by atoms with Crippen molar-refractivity contribution in [1.29, 1.82) is 0 Å². The molecule has 0 aliphatic heterocycles. The summed E-state index contributed by atoms with van der Waals surface area (Å²) < 4.78 is 12.1. The van der Waals surface area contributed by atoms with Gasteiger partial charge < -0.3 is 14.3 Å². The highest BCUT2D eigenvalue weighted by Gasteiger charge is 2.09. The molecule has 0 aliphatic carbocycles. The minimum absolute atomic E-state index is 0.146. The maximum atomic E-state index is 9.66. The van der Waals surface area contributed by atoms with E-state index in [1.807, 2.05) is 30.3 Å². The zero-order valence-electron chi connectivity index (χ0n) is 9.97. The summed E-state index contributed by atoms with van der Waals surface area (Å²) >= 11 is 3.38. The first-order valence-corrected chi connectivity index (χ1v) is 6.60. The molecule has 0 saturated heterocycles. The number of hydrogen-bond acceptors (Lipinski definition) is 3. The number of benzene rings is 2. The summed E-state index contributed by atoms with van der Waals surface area (Å²) in [6.07, 6.45) is 1.61. The lowest BCUT2D eigenvalue weighted by Crippen LogP contribution is -1.93. The summed E-state index contributed by atoms with van der Waals surface area (Å²) in [6.45, 7) is 0.401. The van der Waals surface area contributed by atoms with Gasteiger partial charge in [0.05, 0.1) is 6.26 Å². The van der Waals surface area contributed by atoms with Gasteiger partial charge in [0, 0.05) is 15.4 Å². The van der Waals surface area contributed by atoms with Crippen molar-refractivity contribution in [2.75, 3.05) is 0 Å². The van der Waals surface area contributed by atoms with Crippen LogP contribution in [0.3, 0.4) is 0 Å². The van der Waals surface area contributed by atoms with Crippen LogP contribution in [-0.4, -0.2) is 5.11 Å². The zero-order valence-corrected chi connectivity index (χ0v) is 11.6. The van der Waals surface area contributed by atoms with Gasteiger partial charge in [-0.05, 0) is 30.3 Å². The molecule has 2 aromatic carbocycles. The number of furan rings is 1. The summed E-state index contributed by atoms with van der Waals surface area (Å²) in [5.41, 5.74) is 1.41. The molecule has 0 radical (unpaired) electrons. The Morgan fingerprint density at radius 1 is 1.11 bits per heavy atom. The normalized spacial score (nSPS) is 10.8. The lowest BCUT2D eigenvalue weighted by Gasteiger charge is -2.04. The lowest BCUT2D eigenvalue weighted by atomic mass is 10.2. The Labute approximate surface area is 118 Å². The topological polar surface area (TPSA) is 42.6 Å². The quantitative estimate of drug-likeness (QED) is 0.774. The lowest BCUT2D eigenvalue weighted by molar-refractivity contribution is 0.306. The molecule has 3 nitrogen and oxygen atoms in total. The Balaban J connectivity index is 1.82. The predicted molar refractivity (Wildman–Crippen MR) is 76.4 cm³/mol. The molecule has 1 N–H and O–H groups in total. The van der Waals surface area contributed by atoms with Crippen LogP contribution < -0.4 is 4.74 Å². The van der Waals surface area contributed by atoms with Gasteiger partial charge in [-0.15, -0.1) is 0 Å². The minimum atomic E-state index is 0.146. The molecule has 1 heterocycles. The van der Waals surface area contributed by atoms with Gasteiger partial charge in [-0.25, -0.2) is 0 Å². The molecule has 19 heavy (non-hydrogen) atoms. The molecule has 3 aromatic rings.